The highest BCUT2D eigenvalue weighted by Crippen LogP contribution is 2.12. The minimum atomic E-state index is -1.04. The lowest BCUT2D eigenvalue weighted by Crippen LogP contribution is -2.40. The lowest BCUT2D eigenvalue weighted by Gasteiger charge is -2.15. The Hall–Kier alpha value is -4.35. The van der Waals surface area contributed by atoms with Crippen LogP contribution in [0.5, 0.6) is 0 Å². The summed E-state index contributed by atoms with van der Waals surface area (Å²) in [5, 5.41) is 14.4. The highest BCUT2D eigenvalue weighted by Gasteiger charge is 2.19. The number of rotatable bonds is 9. The Morgan fingerprint density at radius 1 is 1.19 bits per heavy atom. The number of hydrogen-bond donors (Lipinski definition) is 5. The maximum atomic E-state index is 12.4. The minimum Gasteiger partial charge on any atom is -0.481 e. The number of anilines is 2. The molecule has 0 bridgehead atoms. The summed E-state index contributed by atoms with van der Waals surface area (Å²) in [6.07, 6.45) is 1.27. The van der Waals surface area contributed by atoms with E-state index in [0.29, 0.717) is 16.9 Å². The van der Waals surface area contributed by atoms with Crippen LogP contribution in [0.2, 0.25) is 0 Å². The van der Waals surface area contributed by atoms with Crippen LogP contribution in [0, 0.1) is 0 Å². The fourth-order valence-corrected chi connectivity index (χ4v) is 2.87. The summed E-state index contributed by atoms with van der Waals surface area (Å²) in [7, 11) is 0. The van der Waals surface area contributed by atoms with Gasteiger partial charge in [-0.3, -0.25) is 24.2 Å². The van der Waals surface area contributed by atoms with Crippen LogP contribution in [-0.4, -0.2) is 48.7 Å². The Morgan fingerprint density at radius 3 is 2.56 bits per heavy atom. The number of carbonyl (C=O) groups is 3. The normalized spacial score (nSPS) is 11.7. The van der Waals surface area contributed by atoms with Crippen molar-refractivity contribution in [3.05, 3.63) is 52.1 Å². The number of H-pyrrole nitrogens is 1. The number of carbonyl (C=O) groups excluding carboxylic acids is 2. The number of fused-ring (bicyclic) bond motifs is 1. The van der Waals surface area contributed by atoms with Gasteiger partial charge in [0.15, 0.2) is 16.9 Å². The van der Waals surface area contributed by atoms with Crippen LogP contribution in [0.4, 0.5) is 11.6 Å². The van der Waals surface area contributed by atoms with Crippen molar-refractivity contribution in [1.82, 2.24) is 25.3 Å². The Kier molecular flexibility index (Phi) is 6.73. The zero-order valence-electron chi connectivity index (χ0n) is 17.1. The molecule has 0 saturated carbocycles. The third kappa shape index (κ3) is 5.62. The third-order valence-corrected chi connectivity index (χ3v) is 4.55. The Morgan fingerprint density at radius 2 is 1.91 bits per heavy atom. The first-order valence-electron chi connectivity index (χ1n) is 9.61. The van der Waals surface area contributed by atoms with Crippen LogP contribution in [0.15, 0.2) is 35.3 Å². The number of Topliss-reactive ketones (excluding diaryl/α,β-unsaturated/α-hetero) is 1. The average Bonchev–Trinajstić information content (AvgIpc) is 2.75. The van der Waals surface area contributed by atoms with Gasteiger partial charge in [0.05, 0.1) is 24.5 Å². The number of carboxylic acid groups (broad SMARTS) is 1. The van der Waals surface area contributed by atoms with E-state index in [1.807, 2.05) is 0 Å². The van der Waals surface area contributed by atoms with Gasteiger partial charge < -0.3 is 21.5 Å². The maximum Gasteiger partial charge on any atom is 0.303 e. The summed E-state index contributed by atoms with van der Waals surface area (Å²) >= 11 is 0. The van der Waals surface area contributed by atoms with E-state index in [4.69, 9.17) is 10.8 Å². The first-order valence-corrected chi connectivity index (χ1v) is 9.61. The average molecular weight is 439 g/mol. The minimum absolute atomic E-state index is 0.0216. The number of nitrogen functional groups attached to an aromatic ring is 1. The number of hydrogen-bond acceptors (Lipinski definition) is 9. The van der Waals surface area contributed by atoms with Gasteiger partial charge >= 0.3 is 5.97 Å². The molecule has 2 aromatic heterocycles. The highest BCUT2D eigenvalue weighted by atomic mass is 16.4. The fourth-order valence-electron chi connectivity index (χ4n) is 2.87. The molecular weight excluding hydrogens is 418 g/mol. The van der Waals surface area contributed by atoms with Crippen molar-refractivity contribution in [1.29, 1.82) is 0 Å². The number of nitrogens with zero attached hydrogens (tertiary/aromatic N) is 3. The smallest absolute Gasteiger partial charge is 0.303 e. The number of amides is 1. The maximum absolute atomic E-state index is 12.4. The Labute approximate surface area is 181 Å². The molecule has 0 saturated heterocycles. The molecule has 2 heterocycles. The van der Waals surface area contributed by atoms with Gasteiger partial charge in [-0.25, -0.2) is 9.97 Å². The van der Waals surface area contributed by atoms with Crippen molar-refractivity contribution >= 4 is 40.5 Å². The quantitative estimate of drug-likeness (QED) is 0.313. The van der Waals surface area contributed by atoms with E-state index in [-0.39, 0.29) is 42.3 Å². The summed E-state index contributed by atoms with van der Waals surface area (Å²) in [6, 6.07) is 5.60. The molecule has 0 spiro atoms. The molecular formula is C20H21N7O5. The molecule has 1 aromatic carbocycles. The highest BCUT2D eigenvalue weighted by molar-refractivity contribution is 5.97. The van der Waals surface area contributed by atoms with Gasteiger partial charge in [-0.1, -0.05) is 0 Å². The van der Waals surface area contributed by atoms with E-state index in [2.05, 4.69) is 30.6 Å². The zero-order valence-corrected chi connectivity index (χ0v) is 17.1. The van der Waals surface area contributed by atoms with Crippen LogP contribution < -0.4 is 21.9 Å². The van der Waals surface area contributed by atoms with E-state index in [1.54, 1.807) is 24.3 Å². The Bertz CT molecular complexity index is 1220. The first-order chi connectivity index (χ1) is 15.2. The van der Waals surface area contributed by atoms with Crippen LogP contribution in [0.1, 0.15) is 35.8 Å². The van der Waals surface area contributed by atoms with Gasteiger partial charge in [0, 0.05) is 17.7 Å². The van der Waals surface area contributed by atoms with Crippen molar-refractivity contribution < 1.29 is 19.5 Å². The van der Waals surface area contributed by atoms with E-state index in [9.17, 15) is 19.2 Å². The van der Waals surface area contributed by atoms with Gasteiger partial charge in [0.25, 0.3) is 11.5 Å². The van der Waals surface area contributed by atoms with Crippen LogP contribution in [0.3, 0.4) is 0 Å². The van der Waals surface area contributed by atoms with Crippen LogP contribution in [0.25, 0.3) is 11.2 Å². The van der Waals surface area contributed by atoms with Crippen molar-refractivity contribution in [2.75, 3.05) is 11.1 Å². The van der Waals surface area contributed by atoms with E-state index >= 15 is 0 Å². The molecule has 1 atom stereocenters. The van der Waals surface area contributed by atoms with Crippen molar-refractivity contribution in [2.45, 2.75) is 32.4 Å². The molecule has 166 valence electrons. The van der Waals surface area contributed by atoms with Gasteiger partial charge in [0.2, 0.25) is 5.95 Å². The molecule has 1 unspecified atom stereocenters. The van der Waals surface area contributed by atoms with E-state index < -0.39 is 23.5 Å². The first kappa shape index (κ1) is 22.3. The van der Waals surface area contributed by atoms with Crippen molar-refractivity contribution in [2.24, 2.45) is 0 Å². The molecule has 3 aromatic rings. The number of carboxylic acids is 1. The largest absolute Gasteiger partial charge is 0.481 e. The lowest BCUT2D eigenvalue weighted by atomic mass is 10.1. The van der Waals surface area contributed by atoms with E-state index in [1.165, 1.54) is 13.1 Å². The molecule has 0 aliphatic carbocycles. The fraction of sp³-hybridized carbons (Fsp3) is 0.250. The predicted molar refractivity (Wildman–Crippen MR) is 115 cm³/mol. The number of nitrogens with one attached hydrogen (secondary N) is 3. The molecule has 6 N–H and O–H groups in total. The molecule has 32 heavy (non-hydrogen) atoms. The molecule has 0 radical (unpaired) electrons. The number of benzene rings is 1. The topological polar surface area (TPSA) is 193 Å². The Balaban J connectivity index is 1.62. The lowest BCUT2D eigenvalue weighted by molar-refractivity contribution is -0.137. The summed E-state index contributed by atoms with van der Waals surface area (Å²) in [5.74, 6) is -1.87. The van der Waals surface area contributed by atoms with Crippen molar-refractivity contribution in [3.8, 4) is 0 Å². The molecule has 0 aliphatic heterocycles. The summed E-state index contributed by atoms with van der Waals surface area (Å²) < 4.78 is 0. The third-order valence-electron chi connectivity index (χ3n) is 4.55. The number of aromatic amines is 1. The van der Waals surface area contributed by atoms with Gasteiger partial charge in [0.1, 0.15) is 0 Å². The summed E-state index contributed by atoms with van der Waals surface area (Å²) in [4.78, 5) is 61.3. The second kappa shape index (κ2) is 9.64. The molecule has 12 heteroatoms. The summed E-state index contributed by atoms with van der Waals surface area (Å²) in [5.41, 5.74) is 6.73. The number of ketones is 1. The SMILES string of the molecule is CC(=O)C(CCC(=O)O)NC(=O)c1ccc(NCc2cnc3nc(N)[nH]c(=O)c3n2)cc1. The predicted octanol–water partition coefficient (Wildman–Crippen LogP) is 0.460. The van der Waals surface area contributed by atoms with Gasteiger partial charge in [-0.2, -0.15) is 4.98 Å². The molecule has 1 amide bonds. The molecule has 12 nitrogen and oxygen atoms in total. The second-order valence-corrected chi connectivity index (χ2v) is 6.98. The monoisotopic (exact) mass is 439 g/mol. The second-order valence-electron chi connectivity index (χ2n) is 6.98. The van der Waals surface area contributed by atoms with Crippen LogP contribution in [-0.2, 0) is 16.1 Å². The zero-order chi connectivity index (χ0) is 23.3. The summed E-state index contributed by atoms with van der Waals surface area (Å²) in [6.45, 7) is 1.56. The van der Waals surface area contributed by atoms with Gasteiger partial charge in [-0.05, 0) is 37.6 Å². The molecule has 0 aliphatic rings. The number of aliphatic carboxylic acids is 1. The standard InChI is InChI=1S/C20H21N7O5/c1-10(28)14(6-7-15(29)30)25-18(31)11-2-4-12(5-3-11)22-8-13-9-23-17-16(24-13)19(32)27-20(21)26-17/h2-5,9,14,22H,6-8H2,1H3,(H,25,31)(H,29,30)(H3,21,23,26,27,32). The number of nitrogens with two attached hydrogens (primary N) is 1. The molecule has 0 fully saturated rings. The van der Waals surface area contributed by atoms with Crippen molar-refractivity contribution in [3.63, 3.8) is 0 Å². The number of aromatic nitrogens is 4. The van der Waals surface area contributed by atoms with E-state index in [0.717, 1.165) is 0 Å². The van der Waals surface area contributed by atoms with Crippen LogP contribution >= 0.6 is 0 Å². The molecule has 3 rings (SSSR count). The van der Waals surface area contributed by atoms with Gasteiger partial charge in [-0.15, -0.1) is 0 Å².